The largest absolute Gasteiger partial charge is 0.467 e. The number of carbonyl (C=O) groups is 4. The number of nitrogens with one attached hydrogen (secondary N) is 3. The second-order valence-corrected chi connectivity index (χ2v) is 11.5. The highest BCUT2D eigenvalue weighted by molar-refractivity contribution is 5.99. The summed E-state index contributed by atoms with van der Waals surface area (Å²) in [6.07, 6.45) is 1.23. The molecule has 1 fully saturated rings. The van der Waals surface area contributed by atoms with E-state index < -0.39 is 41.4 Å². The Hall–Kier alpha value is -4.74. The molecule has 3 atom stereocenters. The number of esters is 1. The van der Waals surface area contributed by atoms with Crippen LogP contribution in [-0.2, 0) is 35.3 Å². The van der Waals surface area contributed by atoms with Gasteiger partial charge in [0.25, 0.3) is 0 Å². The average Bonchev–Trinajstić information content (AvgIpc) is 3.53. The van der Waals surface area contributed by atoms with Crippen molar-refractivity contribution in [1.29, 1.82) is 0 Å². The van der Waals surface area contributed by atoms with Gasteiger partial charge in [0, 0.05) is 17.9 Å². The van der Waals surface area contributed by atoms with Crippen molar-refractivity contribution < 1.29 is 28.7 Å². The number of carbonyl (C=O) groups excluding carboxylic acids is 4. The van der Waals surface area contributed by atoms with Crippen molar-refractivity contribution >= 4 is 35.1 Å². The van der Waals surface area contributed by atoms with Crippen molar-refractivity contribution in [1.82, 2.24) is 10.2 Å². The molecule has 1 saturated heterocycles. The molecule has 1 heterocycles. The third kappa shape index (κ3) is 9.13. The number of anilines is 2. The highest BCUT2D eigenvalue weighted by atomic mass is 16.5. The van der Waals surface area contributed by atoms with Crippen LogP contribution in [0.5, 0.6) is 0 Å². The lowest BCUT2D eigenvalue weighted by atomic mass is 10.0. The minimum Gasteiger partial charge on any atom is -0.467 e. The van der Waals surface area contributed by atoms with Gasteiger partial charge in [-0.25, -0.2) is 4.79 Å². The molecule has 238 valence electrons. The van der Waals surface area contributed by atoms with Crippen LogP contribution in [0.2, 0.25) is 0 Å². The molecule has 1 aliphatic rings. The molecule has 0 saturated carbocycles. The van der Waals surface area contributed by atoms with E-state index in [0.717, 1.165) is 11.1 Å². The number of ether oxygens (including phenoxy) is 2. The van der Waals surface area contributed by atoms with E-state index in [1.54, 1.807) is 43.0 Å². The summed E-state index contributed by atoms with van der Waals surface area (Å²) in [5.41, 5.74) is 7.41. The monoisotopic (exact) mass is 615 g/mol. The minimum absolute atomic E-state index is 0.0811. The van der Waals surface area contributed by atoms with E-state index >= 15 is 0 Å². The number of nitrogens with two attached hydrogens (primary N) is 1. The zero-order valence-electron chi connectivity index (χ0n) is 25.8. The Kier molecular flexibility index (Phi) is 11.3. The molecule has 0 bridgehead atoms. The molecule has 0 aliphatic carbocycles. The van der Waals surface area contributed by atoms with Crippen molar-refractivity contribution in [2.75, 3.05) is 30.9 Å². The summed E-state index contributed by atoms with van der Waals surface area (Å²) < 4.78 is 10.7. The van der Waals surface area contributed by atoms with Crippen LogP contribution in [0.3, 0.4) is 0 Å². The van der Waals surface area contributed by atoms with Crippen molar-refractivity contribution in [3.63, 3.8) is 0 Å². The van der Waals surface area contributed by atoms with Crippen LogP contribution in [0, 0.1) is 0 Å². The van der Waals surface area contributed by atoms with Crippen molar-refractivity contribution in [2.24, 2.45) is 5.73 Å². The summed E-state index contributed by atoms with van der Waals surface area (Å²) in [6.45, 7) is 3.73. The number of benzene rings is 3. The standard InChI is InChI=1S/C34H41N5O6/c1-34(2,35)33(43)38-27(22-45-21-23-12-6-4-7-13-23)30(40)37-26-17-10-16-25(20-26)36-29(24-14-8-5-9-15-24)31(41)39-19-11-18-28(39)32(42)44-3/h4-10,12-17,20,27-29,36H,11,18-19,21-22,35H2,1-3H3,(H,37,40)(H,38,43)/t27-,28?,29?/m1/s1. The molecule has 3 aromatic rings. The minimum atomic E-state index is -1.21. The van der Waals surface area contributed by atoms with Gasteiger partial charge in [-0.1, -0.05) is 66.7 Å². The first kappa shape index (κ1) is 33.2. The Labute approximate surface area is 263 Å². The quantitative estimate of drug-likeness (QED) is 0.214. The van der Waals surface area contributed by atoms with Gasteiger partial charge in [0.2, 0.25) is 17.7 Å². The Morgan fingerprint density at radius 3 is 2.29 bits per heavy atom. The molecule has 3 amide bonds. The number of likely N-dealkylation sites (tertiary alicyclic amines) is 1. The fourth-order valence-electron chi connectivity index (χ4n) is 4.99. The zero-order valence-corrected chi connectivity index (χ0v) is 25.8. The Morgan fingerprint density at radius 2 is 1.62 bits per heavy atom. The second-order valence-electron chi connectivity index (χ2n) is 11.5. The lowest BCUT2D eigenvalue weighted by molar-refractivity contribution is -0.151. The fourth-order valence-corrected chi connectivity index (χ4v) is 4.99. The molecule has 11 heteroatoms. The third-order valence-corrected chi connectivity index (χ3v) is 7.43. The summed E-state index contributed by atoms with van der Waals surface area (Å²) in [5, 5.41) is 8.83. The van der Waals surface area contributed by atoms with Crippen molar-refractivity contribution in [2.45, 2.75) is 57.0 Å². The van der Waals surface area contributed by atoms with E-state index in [4.69, 9.17) is 15.2 Å². The van der Waals surface area contributed by atoms with Gasteiger partial charge >= 0.3 is 5.97 Å². The van der Waals surface area contributed by atoms with E-state index in [2.05, 4.69) is 16.0 Å². The lowest BCUT2D eigenvalue weighted by Crippen LogP contribution is -2.56. The number of amides is 3. The average molecular weight is 616 g/mol. The van der Waals surface area contributed by atoms with Gasteiger partial charge in [-0.3, -0.25) is 14.4 Å². The highest BCUT2D eigenvalue weighted by Gasteiger charge is 2.38. The maximum Gasteiger partial charge on any atom is 0.328 e. The predicted molar refractivity (Wildman–Crippen MR) is 171 cm³/mol. The zero-order chi connectivity index (χ0) is 32.4. The van der Waals surface area contributed by atoms with Crippen molar-refractivity contribution in [3.05, 3.63) is 96.1 Å². The van der Waals surface area contributed by atoms with Crippen molar-refractivity contribution in [3.8, 4) is 0 Å². The van der Waals surface area contributed by atoms with E-state index in [9.17, 15) is 19.2 Å². The summed E-state index contributed by atoms with van der Waals surface area (Å²) >= 11 is 0. The Balaban J connectivity index is 1.50. The maximum absolute atomic E-state index is 13.8. The van der Waals surface area contributed by atoms with Gasteiger partial charge in [-0.15, -0.1) is 0 Å². The number of methoxy groups -OCH3 is 1. The first-order valence-corrected chi connectivity index (χ1v) is 14.9. The molecular weight excluding hydrogens is 574 g/mol. The van der Waals surface area contributed by atoms with Crippen LogP contribution in [0.4, 0.5) is 11.4 Å². The Morgan fingerprint density at radius 1 is 0.956 bits per heavy atom. The molecule has 45 heavy (non-hydrogen) atoms. The van der Waals surface area contributed by atoms with Gasteiger partial charge in [0.15, 0.2) is 0 Å². The van der Waals surface area contributed by atoms with Gasteiger partial charge in [-0.05, 0) is 56.0 Å². The summed E-state index contributed by atoms with van der Waals surface area (Å²) in [6, 6.07) is 23.2. The normalized spacial score (nSPS) is 15.9. The van der Waals surface area contributed by atoms with E-state index in [1.807, 2.05) is 60.7 Å². The van der Waals surface area contributed by atoms with Crippen LogP contribution >= 0.6 is 0 Å². The van der Waals surface area contributed by atoms with Gasteiger partial charge in [-0.2, -0.15) is 0 Å². The Bertz CT molecular complexity index is 1460. The first-order chi connectivity index (χ1) is 21.6. The molecule has 11 nitrogen and oxygen atoms in total. The maximum atomic E-state index is 13.8. The van der Waals surface area contributed by atoms with Crippen LogP contribution in [-0.4, -0.2) is 66.5 Å². The molecule has 0 aromatic heterocycles. The van der Waals surface area contributed by atoms with Gasteiger partial charge in [0.1, 0.15) is 18.1 Å². The van der Waals surface area contributed by atoms with Crippen LogP contribution in [0.25, 0.3) is 0 Å². The number of hydrogen-bond donors (Lipinski definition) is 4. The summed E-state index contributed by atoms with van der Waals surface area (Å²) in [5.74, 6) is -1.69. The van der Waals surface area contributed by atoms with Crippen LogP contribution in [0.15, 0.2) is 84.9 Å². The molecule has 0 radical (unpaired) electrons. The number of hydrogen-bond acceptors (Lipinski definition) is 8. The SMILES string of the molecule is COC(=O)C1CCCN1C(=O)C(Nc1cccc(NC(=O)[C@@H](COCc2ccccc2)NC(=O)C(C)(C)N)c1)c1ccccc1. The highest BCUT2D eigenvalue weighted by Crippen LogP contribution is 2.28. The molecule has 1 aliphatic heterocycles. The van der Waals surface area contributed by atoms with Crippen LogP contribution < -0.4 is 21.7 Å². The molecule has 5 N–H and O–H groups in total. The predicted octanol–water partition coefficient (Wildman–Crippen LogP) is 3.38. The third-order valence-electron chi connectivity index (χ3n) is 7.43. The topological polar surface area (TPSA) is 152 Å². The fraction of sp³-hybridized carbons (Fsp3) is 0.353. The summed E-state index contributed by atoms with van der Waals surface area (Å²) in [7, 11) is 1.32. The van der Waals surface area contributed by atoms with Gasteiger partial charge < -0.3 is 36.1 Å². The smallest absolute Gasteiger partial charge is 0.328 e. The number of rotatable bonds is 13. The van der Waals surface area contributed by atoms with Gasteiger partial charge in [0.05, 0.1) is 25.9 Å². The second kappa shape index (κ2) is 15.3. The molecule has 4 rings (SSSR count). The van der Waals surface area contributed by atoms with E-state index in [0.29, 0.717) is 30.8 Å². The van der Waals surface area contributed by atoms with E-state index in [-0.39, 0.29) is 19.1 Å². The number of nitrogens with zero attached hydrogens (tertiary/aromatic N) is 1. The molecule has 3 aromatic carbocycles. The molecule has 2 unspecified atom stereocenters. The van der Waals surface area contributed by atoms with Crippen LogP contribution in [0.1, 0.15) is 43.9 Å². The molecular formula is C34H41N5O6. The lowest BCUT2D eigenvalue weighted by Gasteiger charge is -2.29. The first-order valence-electron chi connectivity index (χ1n) is 14.9. The van der Waals surface area contributed by atoms with E-state index in [1.165, 1.54) is 7.11 Å². The summed E-state index contributed by atoms with van der Waals surface area (Å²) in [4.78, 5) is 53.9. The molecule has 0 spiro atoms.